The van der Waals surface area contributed by atoms with Crippen LogP contribution in [0.2, 0.25) is 5.02 Å². The maximum atomic E-state index is 11.8. The van der Waals surface area contributed by atoms with Crippen LogP contribution in [0.15, 0.2) is 48.5 Å². The summed E-state index contributed by atoms with van der Waals surface area (Å²) in [6, 6.07) is 15.8. The average Bonchev–Trinajstić information content (AvgIpc) is 2.52. The number of hydrogen-bond acceptors (Lipinski definition) is 2. The third kappa shape index (κ3) is 5.41. The van der Waals surface area contributed by atoms with Crippen LogP contribution in [0, 0.1) is 6.92 Å². The molecule has 0 unspecified atom stereocenters. The Balaban J connectivity index is 1.66. The van der Waals surface area contributed by atoms with E-state index in [1.54, 1.807) is 0 Å². The molecule has 0 heterocycles. The van der Waals surface area contributed by atoms with Gasteiger partial charge in [0.2, 0.25) is 5.91 Å². The molecular weight excluding hydrogens is 296 g/mol. The van der Waals surface area contributed by atoms with E-state index in [0.717, 1.165) is 17.7 Å². The van der Waals surface area contributed by atoms with E-state index in [4.69, 9.17) is 11.6 Å². The highest BCUT2D eigenvalue weighted by molar-refractivity contribution is 6.30. The fourth-order valence-electron chi connectivity index (χ4n) is 2.17. The van der Waals surface area contributed by atoms with Crippen molar-refractivity contribution in [3.05, 3.63) is 64.7 Å². The molecule has 0 fully saturated rings. The lowest BCUT2D eigenvalue weighted by Crippen LogP contribution is -2.27. The monoisotopic (exact) mass is 316 g/mol. The van der Waals surface area contributed by atoms with Crippen molar-refractivity contribution in [3.8, 4) is 0 Å². The number of rotatable bonds is 7. The van der Waals surface area contributed by atoms with Crippen LogP contribution in [0.5, 0.6) is 0 Å². The Morgan fingerprint density at radius 3 is 2.64 bits per heavy atom. The van der Waals surface area contributed by atoms with Crippen LogP contribution in [0.4, 0.5) is 5.69 Å². The number of aryl methyl sites for hydroxylation is 1. The minimum Gasteiger partial charge on any atom is -0.384 e. The molecule has 3 nitrogen and oxygen atoms in total. The fraction of sp³-hybridized carbons (Fsp3) is 0.278. The molecular formula is C18H21ClN2O. The number of carbonyl (C=O) groups is 1. The average molecular weight is 317 g/mol. The first kappa shape index (κ1) is 16.4. The third-order valence-corrected chi connectivity index (χ3v) is 3.68. The first-order valence-electron chi connectivity index (χ1n) is 7.46. The zero-order valence-corrected chi connectivity index (χ0v) is 13.5. The molecule has 0 bridgehead atoms. The van der Waals surface area contributed by atoms with Crippen LogP contribution in [0.1, 0.15) is 17.5 Å². The van der Waals surface area contributed by atoms with E-state index in [1.807, 2.05) is 43.3 Å². The van der Waals surface area contributed by atoms with Crippen molar-refractivity contribution in [1.82, 2.24) is 5.32 Å². The minimum atomic E-state index is 0.0584. The van der Waals surface area contributed by atoms with Crippen LogP contribution >= 0.6 is 11.6 Å². The highest BCUT2D eigenvalue weighted by atomic mass is 35.5. The summed E-state index contributed by atoms with van der Waals surface area (Å²) >= 11 is 5.97. The van der Waals surface area contributed by atoms with Gasteiger partial charge in [0.05, 0.1) is 0 Å². The Kier molecular flexibility index (Phi) is 6.28. The summed E-state index contributed by atoms with van der Waals surface area (Å²) in [5, 5.41) is 6.88. The van der Waals surface area contributed by atoms with Crippen molar-refractivity contribution in [3.63, 3.8) is 0 Å². The van der Waals surface area contributed by atoms with Crippen molar-refractivity contribution in [2.24, 2.45) is 0 Å². The second-order valence-electron chi connectivity index (χ2n) is 5.22. The Bertz CT molecular complexity index is 614. The molecule has 0 aromatic heterocycles. The molecule has 0 atom stereocenters. The molecule has 4 heteroatoms. The number of nitrogens with one attached hydrogen (secondary N) is 2. The Labute approximate surface area is 136 Å². The Hall–Kier alpha value is -2.00. The molecule has 0 aliphatic heterocycles. The predicted octanol–water partition coefficient (Wildman–Crippen LogP) is 3.81. The van der Waals surface area contributed by atoms with Gasteiger partial charge >= 0.3 is 0 Å². The smallest absolute Gasteiger partial charge is 0.221 e. The molecule has 0 aliphatic carbocycles. The molecule has 116 valence electrons. The lowest BCUT2D eigenvalue weighted by molar-refractivity contribution is -0.120. The first-order chi connectivity index (χ1) is 10.6. The first-order valence-corrected chi connectivity index (χ1v) is 7.83. The normalized spacial score (nSPS) is 10.3. The van der Waals surface area contributed by atoms with Gasteiger partial charge in [-0.1, -0.05) is 48.0 Å². The van der Waals surface area contributed by atoms with Crippen LogP contribution in [0.25, 0.3) is 0 Å². The number of amides is 1. The van der Waals surface area contributed by atoms with Crippen LogP contribution in [0.3, 0.4) is 0 Å². The molecule has 2 rings (SSSR count). The zero-order valence-electron chi connectivity index (χ0n) is 12.7. The number of carbonyl (C=O) groups excluding carboxylic acids is 1. The number of benzene rings is 2. The highest BCUT2D eigenvalue weighted by Gasteiger charge is 2.03. The van der Waals surface area contributed by atoms with Gasteiger partial charge in [-0.3, -0.25) is 4.79 Å². The van der Waals surface area contributed by atoms with E-state index in [-0.39, 0.29) is 5.91 Å². The standard InChI is InChI=1S/C18H21ClN2O/c1-14-7-8-16(19)13-17(14)20-12-10-18(22)21-11-9-15-5-3-2-4-6-15/h2-8,13,20H,9-12H2,1H3,(H,21,22). The largest absolute Gasteiger partial charge is 0.384 e. The van der Waals surface area contributed by atoms with E-state index < -0.39 is 0 Å². The zero-order chi connectivity index (χ0) is 15.8. The van der Waals surface area contributed by atoms with Gasteiger partial charge < -0.3 is 10.6 Å². The van der Waals surface area contributed by atoms with E-state index in [0.29, 0.717) is 24.5 Å². The van der Waals surface area contributed by atoms with Crippen molar-refractivity contribution in [1.29, 1.82) is 0 Å². The van der Waals surface area contributed by atoms with Crippen molar-refractivity contribution < 1.29 is 4.79 Å². The SMILES string of the molecule is Cc1ccc(Cl)cc1NCCC(=O)NCCc1ccccc1. The molecule has 0 saturated carbocycles. The van der Waals surface area contributed by atoms with Gasteiger partial charge in [0.25, 0.3) is 0 Å². The molecule has 0 aliphatic rings. The van der Waals surface area contributed by atoms with Gasteiger partial charge in [-0.2, -0.15) is 0 Å². The fourth-order valence-corrected chi connectivity index (χ4v) is 2.35. The second-order valence-corrected chi connectivity index (χ2v) is 5.66. The van der Waals surface area contributed by atoms with Crippen LogP contribution in [-0.2, 0) is 11.2 Å². The second kappa shape index (κ2) is 8.44. The van der Waals surface area contributed by atoms with Gasteiger partial charge in [0.15, 0.2) is 0 Å². The molecule has 1 amide bonds. The third-order valence-electron chi connectivity index (χ3n) is 3.45. The van der Waals surface area contributed by atoms with Crippen molar-refractivity contribution >= 4 is 23.2 Å². The highest BCUT2D eigenvalue weighted by Crippen LogP contribution is 2.19. The summed E-state index contributed by atoms with van der Waals surface area (Å²) in [5.41, 5.74) is 3.33. The Morgan fingerprint density at radius 2 is 1.86 bits per heavy atom. The molecule has 2 aromatic rings. The number of halogens is 1. The maximum absolute atomic E-state index is 11.8. The van der Waals surface area contributed by atoms with Gasteiger partial charge in [-0.25, -0.2) is 0 Å². The van der Waals surface area contributed by atoms with E-state index >= 15 is 0 Å². The maximum Gasteiger partial charge on any atom is 0.221 e. The number of hydrogen-bond donors (Lipinski definition) is 2. The van der Waals surface area contributed by atoms with Crippen LogP contribution in [-0.4, -0.2) is 19.0 Å². The molecule has 2 aromatic carbocycles. The summed E-state index contributed by atoms with van der Waals surface area (Å²) in [5.74, 6) is 0.0584. The van der Waals surface area contributed by atoms with Gasteiger partial charge in [0.1, 0.15) is 0 Å². The van der Waals surface area contributed by atoms with Gasteiger partial charge in [-0.15, -0.1) is 0 Å². The Morgan fingerprint density at radius 1 is 1.09 bits per heavy atom. The predicted molar refractivity (Wildman–Crippen MR) is 92.5 cm³/mol. The summed E-state index contributed by atoms with van der Waals surface area (Å²) in [6.07, 6.45) is 1.30. The summed E-state index contributed by atoms with van der Waals surface area (Å²) in [7, 11) is 0. The molecule has 0 saturated heterocycles. The molecule has 22 heavy (non-hydrogen) atoms. The van der Waals surface area contributed by atoms with E-state index in [1.165, 1.54) is 5.56 Å². The lowest BCUT2D eigenvalue weighted by Gasteiger charge is -2.10. The summed E-state index contributed by atoms with van der Waals surface area (Å²) in [6.45, 7) is 3.27. The number of anilines is 1. The molecule has 0 radical (unpaired) electrons. The van der Waals surface area contributed by atoms with Crippen molar-refractivity contribution in [2.75, 3.05) is 18.4 Å². The lowest BCUT2D eigenvalue weighted by atomic mass is 10.1. The topological polar surface area (TPSA) is 41.1 Å². The van der Waals surface area contributed by atoms with E-state index in [9.17, 15) is 4.79 Å². The van der Waals surface area contributed by atoms with E-state index in [2.05, 4.69) is 22.8 Å². The molecule has 2 N–H and O–H groups in total. The van der Waals surface area contributed by atoms with Gasteiger partial charge in [-0.05, 0) is 36.6 Å². The van der Waals surface area contributed by atoms with Crippen molar-refractivity contribution in [2.45, 2.75) is 19.8 Å². The quantitative estimate of drug-likeness (QED) is 0.815. The molecule has 0 spiro atoms. The minimum absolute atomic E-state index is 0.0584. The van der Waals surface area contributed by atoms with Crippen LogP contribution < -0.4 is 10.6 Å². The van der Waals surface area contributed by atoms with Gasteiger partial charge in [0, 0.05) is 30.2 Å². The summed E-state index contributed by atoms with van der Waals surface area (Å²) in [4.78, 5) is 11.8. The summed E-state index contributed by atoms with van der Waals surface area (Å²) < 4.78 is 0.